The minimum atomic E-state index is -4.74. The highest BCUT2D eigenvalue weighted by atomic mass is 19.4. The average molecular weight is 234 g/mol. The average Bonchev–Trinajstić information content (AvgIpc) is 2.16. The highest BCUT2D eigenvalue weighted by Gasteiger charge is 2.52. The van der Waals surface area contributed by atoms with Gasteiger partial charge >= 0.3 is 6.18 Å². The van der Waals surface area contributed by atoms with Crippen molar-refractivity contribution in [3.63, 3.8) is 0 Å². The van der Waals surface area contributed by atoms with E-state index in [1.807, 2.05) is 0 Å². The molecule has 0 spiro atoms. The van der Waals surface area contributed by atoms with Gasteiger partial charge in [0, 0.05) is 5.56 Å². The third kappa shape index (κ3) is 2.14. The van der Waals surface area contributed by atoms with Crippen LogP contribution >= 0.6 is 0 Å². The van der Waals surface area contributed by atoms with Crippen LogP contribution < -0.4 is 4.74 Å². The maximum Gasteiger partial charge on any atom is 0.421 e. The van der Waals surface area contributed by atoms with E-state index in [9.17, 15) is 18.3 Å². The van der Waals surface area contributed by atoms with Gasteiger partial charge in [-0.2, -0.15) is 13.2 Å². The van der Waals surface area contributed by atoms with Gasteiger partial charge < -0.3 is 9.84 Å². The zero-order valence-electron chi connectivity index (χ0n) is 9.22. The molecule has 16 heavy (non-hydrogen) atoms. The number of hydrogen-bond donors (Lipinski definition) is 1. The number of benzene rings is 1. The molecule has 0 radical (unpaired) electrons. The number of methoxy groups -OCH3 is 1. The summed E-state index contributed by atoms with van der Waals surface area (Å²) in [7, 11) is 1.26. The van der Waals surface area contributed by atoms with Crippen LogP contribution in [0, 0.1) is 6.92 Å². The smallest absolute Gasteiger partial charge is 0.421 e. The van der Waals surface area contributed by atoms with Crippen molar-refractivity contribution in [3.05, 3.63) is 29.3 Å². The van der Waals surface area contributed by atoms with Crippen molar-refractivity contribution >= 4 is 0 Å². The molecule has 1 N–H and O–H groups in total. The van der Waals surface area contributed by atoms with Crippen LogP contribution in [0.5, 0.6) is 5.75 Å². The monoisotopic (exact) mass is 234 g/mol. The Morgan fingerprint density at radius 1 is 1.25 bits per heavy atom. The Balaban J connectivity index is 3.36. The Kier molecular flexibility index (Phi) is 3.19. The van der Waals surface area contributed by atoms with Crippen LogP contribution in [0.25, 0.3) is 0 Å². The standard InChI is InChI=1S/C11H13F3O2/c1-7-4-5-9(16-3)8(6-7)10(2,15)11(12,13)14/h4-6,15H,1-3H3. The van der Waals surface area contributed by atoms with Crippen LogP contribution in [0.4, 0.5) is 13.2 Å². The molecule has 1 aromatic rings. The van der Waals surface area contributed by atoms with E-state index in [0.29, 0.717) is 12.5 Å². The molecule has 0 aromatic heterocycles. The first-order valence-electron chi connectivity index (χ1n) is 4.64. The lowest BCUT2D eigenvalue weighted by Crippen LogP contribution is -2.39. The van der Waals surface area contributed by atoms with Gasteiger partial charge in [-0.05, 0) is 26.0 Å². The zero-order valence-corrected chi connectivity index (χ0v) is 9.22. The second-order valence-electron chi connectivity index (χ2n) is 3.77. The number of halogens is 3. The summed E-state index contributed by atoms with van der Waals surface area (Å²) in [5, 5.41) is 9.55. The van der Waals surface area contributed by atoms with Gasteiger partial charge in [0.25, 0.3) is 0 Å². The minimum absolute atomic E-state index is 0.0212. The quantitative estimate of drug-likeness (QED) is 0.852. The molecule has 1 atom stereocenters. The molecule has 0 aliphatic rings. The van der Waals surface area contributed by atoms with E-state index < -0.39 is 11.8 Å². The fraction of sp³-hybridized carbons (Fsp3) is 0.455. The van der Waals surface area contributed by atoms with E-state index in [0.717, 1.165) is 0 Å². The SMILES string of the molecule is COc1ccc(C)cc1C(C)(O)C(F)(F)F. The summed E-state index contributed by atoms with van der Waals surface area (Å²) >= 11 is 0. The summed E-state index contributed by atoms with van der Waals surface area (Å²) in [6, 6.07) is 4.30. The van der Waals surface area contributed by atoms with E-state index in [4.69, 9.17) is 4.74 Å². The molecule has 1 rings (SSSR count). The van der Waals surface area contributed by atoms with Crippen LogP contribution in [0.1, 0.15) is 18.1 Å². The first-order chi connectivity index (χ1) is 7.20. The first-order valence-corrected chi connectivity index (χ1v) is 4.64. The molecule has 1 aromatic carbocycles. The maximum absolute atomic E-state index is 12.7. The molecule has 5 heteroatoms. The van der Waals surface area contributed by atoms with Gasteiger partial charge in [0.2, 0.25) is 0 Å². The number of aryl methyl sites for hydroxylation is 1. The summed E-state index contributed by atoms with van der Waals surface area (Å²) in [5.74, 6) is 0.0212. The van der Waals surface area contributed by atoms with E-state index in [-0.39, 0.29) is 11.3 Å². The summed E-state index contributed by atoms with van der Waals surface area (Å²) in [6.07, 6.45) is -4.74. The van der Waals surface area contributed by atoms with Gasteiger partial charge in [-0.25, -0.2) is 0 Å². The van der Waals surface area contributed by atoms with Crippen molar-refractivity contribution in [2.24, 2.45) is 0 Å². The molecule has 0 heterocycles. The largest absolute Gasteiger partial charge is 0.496 e. The van der Waals surface area contributed by atoms with Gasteiger partial charge in [-0.3, -0.25) is 0 Å². The molecular formula is C11H13F3O2. The number of rotatable bonds is 2. The zero-order chi connectivity index (χ0) is 12.6. The molecule has 0 saturated carbocycles. The Morgan fingerprint density at radius 3 is 2.25 bits per heavy atom. The second-order valence-corrected chi connectivity index (χ2v) is 3.77. The molecule has 90 valence electrons. The summed E-state index contributed by atoms with van der Waals surface area (Å²) in [4.78, 5) is 0. The van der Waals surface area contributed by atoms with Gasteiger partial charge in [0.1, 0.15) is 5.75 Å². The summed E-state index contributed by atoms with van der Waals surface area (Å²) in [5.41, 5.74) is -2.56. The van der Waals surface area contributed by atoms with Crippen molar-refractivity contribution in [1.29, 1.82) is 0 Å². The number of hydrogen-bond acceptors (Lipinski definition) is 2. The van der Waals surface area contributed by atoms with Crippen LogP contribution in [0.2, 0.25) is 0 Å². The van der Waals surface area contributed by atoms with Crippen LogP contribution in [0.15, 0.2) is 18.2 Å². The lowest BCUT2D eigenvalue weighted by Gasteiger charge is -2.28. The van der Waals surface area contributed by atoms with E-state index in [2.05, 4.69) is 0 Å². The van der Waals surface area contributed by atoms with Crippen molar-refractivity contribution in [1.82, 2.24) is 0 Å². The van der Waals surface area contributed by atoms with Crippen molar-refractivity contribution < 1.29 is 23.0 Å². The van der Waals surface area contributed by atoms with Gasteiger partial charge in [-0.1, -0.05) is 11.6 Å². The third-order valence-electron chi connectivity index (χ3n) is 2.43. The molecule has 1 unspecified atom stereocenters. The molecule has 0 fully saturated rings. The molecule has 0 amide bonds. The Hall–Kier alpha value is -1.23. The third-order valence-corrected chi connectivity index (χ3v) is 2.43. The summed E-state index contributed by atoms with van der Waals surface area (Å²) < 4.78 is 42.8. The number of aliphatic hydroxyl groups is 1. The van der Waals surface area contributed by atoms with Crippen LogP contribution in [0.3, 0.4) is 0 Å². The van der Waals surface area contributed by atoms with Crippen molar-refractivity contribution in [2.75, 3.05) is 7.11 Å². The molecule has 0 aliphatic heterocycles. The van der Waals surface area contributed by atoms with Crippen LogP contribution in [-0.4, -0.2) is 18.4 Å². The first kappa shape index (κ1) is 12.8. The van der Waals surface area contributed by atoms with Crippen molar-refractivity contribution in [3.8, 4) is 5.75 Å². The van der Waals surface area contributed by atoms with Crippen molar-refractivity contribution in [2.45, 2.75) is 25.6 Å². The van der Waals surface area contributed by atoms with Gasteiger partial charge in [-0.15, -0.1) is 0 Å². The maximum atomic E-state index is 12.7. The Bertz CT molecular complexity index is 383. The second kappa shape index (κ2) is 3.97. The van der Waals surface area contributed by atoms with Gasteiger partial charge in [0.05, 0.1) is 7.11 Å². The predicted molar refractivity (Wildman–Crippen MR) is 53.4 cm³/mol. The minimum Gasteiger partial charge on any atom is -0.496 e. The lowest BCUT2D eigenvalue weighted by molar-refractivity contribution is -0.259. The highest BCUT2D eigenvalue weighted by Crippen LogP contribution is 2.42. The van der Waals surface area contributed by atoms with E-state index in [1.54, 1.807) is 13.0 Å². The lowest BCUT2D eigenvalue weighted by atomic mass is 9.93. The molecule has 0 bridgehead atoms. The van der Waals surface area contributed by atoms with Crippen LogP contribution in [-0.2, 0) is 5.60 Å². The Morgan fingerprint density at radius 2 is 1.81 bits per heavy atom. The number of alkyl halides is 3. The fourth-order valence-electron chi connectivity index (χ4n) is 1.35. The van der Waals surface area contributed by atoms with Gasteiger partial charge in [0.15, 0.2) is 5.60 Å². The summed E-state index contributed by atoms with van der Waals surface area (Å²) in [6.45, 7) is 2.36. The predicted octanol–water partition coefficient (Wildman–Crippen LogP) is 2.77. The fourth-order valence-corrected chi connectivity index (χ4v) is 1.35. The normalized spacial score (nSPS) is 15.7. The molecule has 0 saturated heterocycles. The topological polar surface area (TPSA) is 29.5 Å². The Labute approximate surface area is 91.7 Å². The molecular weight excluding hydrogens is 221 g/mol. The molecule has 0 aliphatic carbocycles. The van der Waals surface area contributed by atoms with E-state index >= 15 is 0 Å². The van der Waals surface area contributed by atoms with E-state index in [1.165, 1.54) is 19.2 Å². The number of ether oxygens (including phenoxy) is 1. The molecule has 2 nitrogen and oxygen atoms in total. The highest BCUT2D eigenvalue weighted by molar-refractivity contribution is 5.41.